The Kier molecular flexibility index (Phi) is 4.11. The molecule has 2 rings (SSSR count). The minimum atomic E-state index is 0.954. The molecule has 0 atom stereocenters. The molecule has 94 valence electrons. The summed E-state index contributed by atoms with van der Waals surface area (Å²) < 4.78 is 0. The van der Waals surface area contributed by atoms with Gasteiger partial charge in [-0.25, -0.2) is 0 Å². The van der Waals surface area contributed by atoms with Crippen molar-refractivity contribution in [1.29, 1.82) is 0 Å². The number of benzene rings is 1. The lowest BCUT2D eigenvalue weighted by atomic mass is 10.1. The molecule has 2 aromatic rings. The van der Waals surface area contributed by atoms with Crippen LogP contribution >= 0.6 is 0 Å². The summed E-state index contributed by atoms with van der Waals surface area (Å²) in [6, 6.07) is 10.8. The molecule has 2 nitrogen and oxygen atoms in total. The molecule has 1 heterocycles. The molecule has 0 aliphatic heterocycles. The lowest BCUT2D eigenvalue weighted by molar-refractivity contribution is 0.318. The molecule has 0 radical (unpaired) electrons. The molecule has 18 heavy (non-hydrogen) atoms. The minimum absolute atomic E-state index is 0.954. The Hall–Kier alpha value is -1.67. The standard InChI is InChI=1S/C16H20N2/c1-13-4-5-14(2)16(10-13)12-18(3)11-15-6-8-17-9-7-15/h4-10H,11-12H2,1-3H3. The summed E-state index contributed by atoms with van der Waals surface area (Å²) in [4.78, 5) is 6.37. The van der Waals surface area contributed by atoms with Gasteiger partial charge in [0.25, 0.3) is 0 Å². The quantitative estimate of drug-likeness (QED) is 0.815. The van der Waals surface area contributed by atoms with Crippen molar-refractivity contribution in [3.05, 3.63) is 65.0 Å². The van der Waals surface area contributed by atoms with Crippen molar-refractivity contribution in [2.75, 3.05) is 7.05 Å². The van der Waals surface area contributed by atoms with E-state index in [4.69, 9.17) is 0 Å². The van der Waals surface area contributed by atoms with Crippen LogP contribution in [0.3, 0.4) is 0 Å². The maximum atomic E-state index is 4.04. The van der Waals surface area contributed by atoms with Crippen molar-refractivity contribution >= 4 is 0 Å². The third-order valence-corrected chi connectivity index (χ3v) is 3.15. The molecule has 0 saturated carbocycles. The van der Waals surface area contributed by atoms with Crippen LogP contribution in [0.15, 0.2) is 42.7 Å². The largest absolute Gasteiger partial charge is 0.298 e. The van der Waals surface area contributed by atoms with Gasteiger partial charge < -0.3 is 0 Å². The van der Waals surface area contributed by atoms with Crippen LogP contribution in [0.25, 0.3) is 0 Å². The zero-order valence-corrected chi connectivity index (χ0v) is 11.4. The molecule has 0 amide bonds. The van der Waals surface area contributed by atoms with Gasteiger partial charge in [-0.05, 0) is 49.7 Å². The Morgan fingerprint density at radius 3 is 2.44 bits per heavy atom. The summed E-state index contributed by atoms with van der Waals surface area (Å²) in [5.41, 5.74) is 5.40. The number of rotatable bonds is 4. The topological polar surface area (TPSA) is 16.1 Å². The van der Waals surface area contributed by atoms with Crippen LogP contribution in [0, 0.1) is 13.8 Å². The summed E-state index contributed by atoms with van der Waals surface area (Å²) in [5.74, 6) is 0. The molecular formula is C16H20N2. The van der Waals surface area contributed by atoms with Crippen LogP contribution < -0.4 is 0 Å². The van der Waals surface area contributed by atoms with Crippen molar-refractivity contribution in [1.82, 2.24) is 9.88 Å². The first kappa shape index (κ1) is 12.8. The van der Waals surface area contributed by atoms with Crippen LogP contribution in [-0.4, -0.2) is 16.9 Å². The number of aryl methyl sites for hydroxylation is 2. The van der Waals surface area contributed by atoms with E-state index >= 15 is 0 Å². The van der Waals surface area contributed by atoms with Gasteiger partial charge in [0.15, 0.2) is 0 Å². The molecule has 0 spiro atoms. The molecular weight excluding hydrogens is 220 g/mol. The monoisotopic (exact) mass is 240 g/mol. The first-order valence-electron chi connectivity index (χ1n) is 6.29. The summed E-state index contributed by atoms with van der Waals surface area (Å²) in [7, 11) is 2.15. The van der Waals surface area contributed by atoms with Crippen LogP contribution in [0.1, 0.15) is 22.3 Å². The van der Waals surface area contributed by atoms with Gasteiger partial charge in [-0.3, -0.25) is 9.88 Å². The molecule has 0 fully saturated rings. The minimum Gasteiger partial charge on any atom is -0.298 e. The maximum absolute atomic E-state index is 4.04. The molecule has 0 aliphatic rings. The highest BCUT2D eigenvalue weighted by atomic mass is 15.1. The second-order valence-corrected chi connectivity index (χ2v) is 4.96. The van der Waals surface area contributed by atoms with E-state index in [0.717, 1.165) is 13.1 Å². The summed E-state index contributed by atoms with van der Waals surface area (Å²) in [6.45, 7) is 6.26. The van der Waals surface area contributed by atoms with E-state index in [1.807, 2.05) is 12.4 Å². The van der Waals surface area contributed by atoms with E-state index in [0.29, 0.717) is 0 Å². The van der Waals surface area contributed by atoms with E-state index in [1.165, 1.54) is 22.3 Å². The Morgan fingerprint density at radius 1 is 1.00 bits per heavy atom. The van der Waals surface area contributed by atoms with Gasteiger partial charge in [-0.1, -0.05) is 23.8 Å². The number of nitrogens with zero attached hydrogens (tertiary/aromatic N) is 2. The molecule has 0 saturated heterocycles. The third kappa shape index (κ3) is 3.41. The van der Waals surface area contributed by atoms with E-state index < -0.39 is 0 Å². The Bertz CT molecular complexity index is 506. The second kappa shape index (κ2) is 5.78. The van der Waals surface area contributed by atoms with Crippen LogP contribution in [-0.2, 0) is 13.1 Å². The SMILES string of the molecule is Cc1ccc(C)c(CN(C)Cc2ccncc2)c1. The van der Waals surface area contributed by atoms with Crippen LogP contribution in [0.4, 0.5) is 0 Å². The molecule has 0 unspecified atom stereocenters. The fourth-order valence-corrected chi connectivity index (χ4v) is 2.12. The number of aromatic nitrogens is 1. The Morgan fingerprint density at radius 2 is 1.72 bits per heavy atom. The average molecular weight is 240 g/mol. The van der Waals surface area contributed by atoms with Gasteiger partial charge in [-0.15, -0.1) is 0 Å². The summed E-state index contributed by atoms with van der Waals surface area (Å²) in [5, 5.41) is 0. The highest BCUT2D eigenvalue weighted by molar-refractivity contribution is 5.30. The molecule has 1 aromatic carbocycles. The van der Waals surface area contributed by atoms with Crippen molar-refractivity contribution in [3.63, 3.8) is 0 Å². The van der Waals surface area contributed by atoms with Gasteiger partial charge in [0.1, 0.15) is 0 Å². The van der Waals surface area contributed by atoms with Crippen molar-refractivity contribution in [3.8, 4) is 0 Å². The molecule has 2 heteroatoms. The number of hydrogen-bond donors (Lipinski definition) is 0. The van der Waals surface area contributed by atoms with Gasteiger partial charge in [0, 0.05) is 25.5 Å². The van der Waals surface area contributed by atoms with Gasteiger partial charge in [0.2, 0.25) is 0 Å². The highest BCUT2D eigenvalue weighted by Crippen LogP contribution is 2.14. The van der Waals surface area contributed by atoms with Crippen LogP contribution in [0.5, 0.6) is 0 Å². The molecule has 0 bridgehead atoms. The molecule has 0 N–H and O–H groups in total. The summed E-state index contributed by atoms with van der Waals surface area (Å²) >= 11 is 0. The molecule has 0 aliphatic carbocycles. The fourth-order valence-electron chi connectivity index (χ4n) is 2.12. The first-order chi connectivity index (χ1) is 8.65. The van der Waals surface area contributed by atoms with E-state index in [9.17, 15) is 0 Å². The molecule has 1 aromatic heterocycles. The Labute approximate surface area is 109 Å². The summed E-state index contributed by atoms with van der Waals surface area (Å²) in [6.07, 6.45) is 3.70. The smallest absolute Gasteiger partial charge is 0.0271 e. The highest BCUT2D eigenvalue weighted by Gasteiger charge is 2.04. The zero-order chi connectivity index (χ0) is 13.0. The first-order valence-corrected chi connectivity index (χ1v) is 6.29. The number of pyridine rings is 1. The fraction of sp³-hybridized carbons (Fsp3) is 0.312. The third-order valence-electron chi connectivity index (χ3n) is 3.15. The van der Waals surface area contributed by atoms with Crippen molar-refractivity contribution in [2.45, 2.75) is 26.9 Å². The lowest BCUT2D eigenvalue weighted by Crippen LogP contribution is -2.17. The van der Waals surface area contributed by atoms with Gasteiger partial charge >= 0.3 is 0 Å². The zero-order valence-electron chi connectivity index (χ0n) is 11.4. The maximum Gasteiger partial charge on any atom is 0.0271 e. The lowest BCUT2D eigenvalue weighted by Gasteiger charge is -2.18. The van der Waals surface area contributed by atoms with E-state index in [2.05, 4.69) is 61.1 Å². The Balaban J connectivity index is 2.03. The number of hydrogen-bond acceptors (Lipinski definition) is 2. The average Bonchev–Trinajstić information content (AvgIpc) is 2.35. The second-order valence-electron chi connectivity index (χ2n) is 4.96. The predicted molar refractivity (Wildman–Crippen MR) is 75.3 cm³/mol. The predicted octanol–water partition coefficient (Wildman–Crippen LogP) is 3.33. The van der Waals surface area contributed by atoms with E-state index in [-0.39, 0.29) is 0 Å². The van der Waals surface area contributed by atoms with Crippen LogP contribution in [0.2, 0.25) is 0 Å². The van der Waals surface area contributed by atoms with Crippen molar-refractivity contribution in [2.24, 2.45) is 0 Å². The van der Waals surface area contributed by atoms with Gasteiger partial charge in [-0.2, -0.15) is 0 Å². The normalized spacial score (nSPS) is 10.9. The van der Waals surface area contributed by atoms with Crippen molar-refractivity contribution < 1.29 is 0 Å². The van der Waals surface area contributed by atoms with Gasteiger partial charge in [0.05, 0.1) is 0 Å². The van der Waals surface area contributed by atoms with E-state index in [1.54, 1.807) is 0 Å².